The van der Waals surface area contributed by atoms with Gasteiger partial charge in [-0.05, 0) is 43.2 Å². The molecular formula is C16H17F3N2O2S2. The molecule has 0 aliphatic carbocycles. The lowest BCUT2D eigenvalue weighted by Gasteiger charge is -2.13. The van der Waals surface area contributed by atoms with Crippen molar-refractivity contribution in [1.82, 2.24) is 9.11 Å². The molecule has 1 N–H and O–H groups in total. The van der Waals surface area contributed by atoms with E-state index in [1.807, 2.05) is 6.92 Å². The molecule has 0 bridgehead atoms. The summed E-state index contributed by atoms with van der Waals surface area (Å²) in [5.74, 6) is 0. The van der Waals surface area contributed by atoms with Gasteiger partial charge in [-0.15, -0.1) is 10.7 Å². The fraction of sp³-hybridized carbons (Fsp3) is 0.250. The highest BCUT2D eigenvalue weighted by Crippen LogP contribution is 2.27. The molecule has 1 heterocycles. The van der Waals surface area contributed by atoms with Crippen LogP contribution in [-0.4, -0.2) is 24.5 Å². The van der Waals surface area contributed by atoms with Crippen molar-refractivity contribution < 1.29 is 21.6 Å². The van der Waals surface area contributed by atoms with E-state index >= 15 is 0 Å². The highest BCUT2D eigenvalue weighted by Gasteiger charge is 2.32. The van der Waals surface area contributed by atoms with Gasteiger partial charge >= 0.3 is 6.18 Å². The van der Waals surface area contributed by atoms with Crippen molar-refractivity contribution in [2.24, 2.45) is 0 Å². The molecule has 0 spiro atoms. The van der Waals surface area contributed by atoms with Crippen LogP contribution in [0.4, 0.5) is 13.2 Å². The van der Waals surface area contributed by atoms with Crippen LogP contribution in [0.25, 0.3) is 0 Å². The number of alkyl halides is 3. The van der Waals surface area contributed by atoms with E-state index in [1.165, 1.54) is 18.2 Å². The Morgan fingerprint density at radius 3 is 2.20 bits per heavy atom. The molecule has 1 atom stereocenters. The van der Waals surface area contributed by atoms with E-state index in [-0.39, 0.29) is 4.90 Å². The van der Waals surface area contributed by atoms with Crippen molar-refractivity contribution in [2.75, 3.05) is 6.26 Å². The van der Waals surface area contributed by atoms with Gasteiger partial charge in [0.2, 0.25) is 10.0 Å². The molecule has 0 amide bonds. The van der Waals surface area contributed by atoms with Crippen LogP contribution in [-0.2, 0) is 16.2 Å². The zero-order chi connectivity index (χ0) is 18.8. The number of benzene rings is 1. The molecule has 25 heavy (non-hydrogen) atoms. The van der Waals surface area contributed by atoms with Crippen LogP contribution >= 0.6 is 10.7 Å². The van der Waals surface area contributed by atoms with Gasteiger partial charge < -0.3 is 0 Å². The van der Waals surface area contributed by atoms with Crippen LogP contribution in [0.15, 0.2) is 47.5 Å². The first-order chi connectivity index (χ1) is 11.5. The van der Waals surface area contributed by atoms with Crippen LogP contribution in [0.3, 0.4) is 0 Å². The SMILES string of the molecule is C/C(c1ccc(C(F)(F)F)nc1)=S(\C)NS(=O)(=O)c1ccc(C)cc1. The molecule has 2 rings (SSSR count). The topological polar surface area (TPSA) is 59.1 Å². The van der Waals surface area contributed by atoms with E-state index in [9.17, 15) is 21.6 Å². The molecule has 0 aliphatic heterocycles. The van der Waals surface area contributed by atoms with E-state index in [4.69, 9.17) is 0 Å². The first-order valence-corrected chi connectivity index (χ1v) is 10.2. The van der Waals surface area contributed by atoms with Gasteiger partial charge in [0.1, 0.15) is 5.69 Å². The van der Waals surface area contributed by atoms with Gasteiger partial charge in [-0.25, -0.2) is 8.42 Å². The fourth-order valence-corrected chi connectivity index (χ4v) is 5.11. The summed E-state index contributed by atoms with van der Waals surface area (Å²) in [7, 11) is -4.63. The predicted molar refractivity (Wildman–Crippen MR) is 94.0 cm³/mol. The minimum atomic E-state index is -4.51. The average molecular weight is 390 g/mol. The van der Waals surface area contributed by atoms with Crippen molar-refractivity contribution in [1.29, 1.82) is 0 Å². The molecule has 0 fully saturated rings. The Morgan fingerprint density at radius 2 is 1.72 bits per heavy atom. The molecule has 0 saturated heterocycles. The molecule has 1 aromatic carbocycles. The summed E-state index contributed by atoms with van der Waals surface area (Å²) in [6, 6.07) is 8.56. The van der Waals surface area contributed by atoms with Gasteiger partial charge in [-0.2, -0.15) is 17.3 Å². The minimum Gasteiger partial charge on any atom is -0.251 e. The van der Waals surface area contributed by atoms with Crippen molar-refractivity contribution in [3.05, 3.63) is 59.4 Å². The summed E-state index contributed by atoms with van der Waals surface area (Å²) in [5, 5.41) is 0. The Morgan fingerprint density at radius 1 is 1.12 bits per heavy atom. The second-order valence-corrected chi connectivity index (χ2v) is 9.17. The minimum absolute atomic E-state index is 0.135. The number of hydrogen-bond donors (Lipinski definition) is 1. The third kappa shape index (κ3) is 4.90. The zero-order valence-corrected chi connectivity index (χ0v) is 15.4. The summed E-state index contributed by atoms with van der Waals surface area (Å²) < 4.78 is 65.0. The first-order valence-electron chi connectivity index (χ1n) is 7.13. The number of pyridine rings is 1. The number of aromatic nitrogens is 1. The second-order valence-electron chi connectivity index (χ2n) is 5.40. The lowest BCUT2D eigenvalue weighted by Crippen LogP contribution is -2.20. The van der Waals surface area contributed by atoms with Gasteiger partial charge in [0.25, 0.3) is 0 Å². The highest BCUT2D eigenvalue weighted by atomic mass is 32.3. The maximum absolute atomic E-state index is 12.6. The molecule has 1 aromatic heterocycles. The van der Waals surface area contributed by atoms with E-state index in [0.717, 1.165) is 17.8 Å². The molecular weight excluding hydrogens is 373 g/mol. The number of rotatable bonds is 4. The van der Waals surface area contributed by atoms with Gasteiger partial charge in [-0.1, -0.05) is 23.8 Å². The zero-order valence-electron chi connectivity index (χ0n) is 13.8. The molecule has 4 nitrogen and oxygen atoms in total. The van der Waals surface area contributed by atoms with Crippen LogP contribution in [0.2, 0.25) is 0 Å². The Kier molecular flexibility index (Phi) is 5.70. The maximum atomic E-state index is 12.6. The molecule has 2 aromatic rings. The van der Waals surface area contributed by atoms with Crippen molar-refractivity contribution in [3.8, 4) is 0 Å². The van der Waals surface area contributed by atoms with Crippen molar-refractivity contribution in [2.45, 2.75) is 24.9 Å². The number of nitrogens with one attached hydrogen (secondary N) is 1. The molecule has 9 heteroatoms. The van der Waals surface area contributed by atoms with Crippen LogP contribution < -0.4 is 4.13 Å². The molecule has 0 aliphatic rings. The predicted octanol–water partition coefficient (Wildman–Crippen LogP) is 3.74. The monoisotopic (exact) mass is 390 g/mol. The Labute approximate surface area is 147 Å². The second kappa shape index (κ2) is 7.27. The van der Waals surface area contributed by atoms with Crippen molar-refractivity contribution >= 4 is 25.6 Å². The molecule has 0 radical (unpaired) electrons. The molecule has 1 unspecified atom stereocenters. The standard InChI is InChI=1S/C16H17F3N2O2S2/c1-11-4-7-14(8-5-11)25(22,23)21-24(3)12(2)13-6-9-15(20-10-13)16(17,18)19/h4-10,21H,1-3H3. The number of hydrogen-bond acceptors (Lipinski definition) is 3. The number of nitrogens with zero attached hydrogens (tertiary/aromatic N) is 1. The quantitative estimate of drug-likeness (QED) is 0.639. The van der Waals surface area contributed by atoms with Gasteiger partial charge in [0.05, 0.1) is 4.90 Å². The highest BCUT2D eigenvalue weighted by molar-refractivity contribution is 8.20. The molecule has 0 saturated carbocycles. The van der Waals surface area contributed by atoms with E-state index in [0.29, 0.717) is 10.4 Å². The summed E-state index contributed by atoms with van der Waals surface area (Å²) in [5.41, 5.74) is 0.402. The van der Waals surface area contributed by atoms with E-state index < -0.39 is 32.6 Å². The van der Waals surface area contributed by atoms with E-state index in [2.05, 4.69) is 9.11 Å². The lowest BCUT2D eigenvalue weighted by molar-refractivity contribution is -0.141. The normalized spacial score (nSPS) is 14.2. The number of sulfonamides is 1. The van der Waals surface area contributed by atoms with Gasteiger partial charge in [0.15, 0.2) is 0 Å². The Hall–Kier alpha value is -1.71. The van der Waals surface area contributed by atoms with Gasteiger partial charge in [0, 0.05) is 11.8 Å². The summed E-state index contributed by atoms with van der Waals surface area (Å²) in [4.78, 5) is 4.13. The van der Waals surface area contributed by atoms with Crippen LogP contribution in [0.5, 0.6) is 0 Å². The maximum Gasteiger partial charge on any atom is 0.433 e. The lowest BCUT2D eigenvalue weighted by atomic mass is 10.2. The number of halogens is 3. The summed E-state index contributed by atoms with van der Waals surface area (Å²) in [6.07, 6.45) is -1.76. The Balaban J connectivity index is 2.28. The van der Waals surface area contributed by atoms with Crippen LogP contribution in [0, 0.1) is 6.92 Å². The van der Waals surface area contributed by atoms with Crippen molar-refractivity contribution in [3.63, 3.8) is 0 Å². The largest absolute Gasteiger partial charge is 0.433 e. The number of aryl methyl sites for hydroxylation is 1. The average Bonchev–Trinajstić information content (AvgIpc) is 2.53. The first kappa shape index (κ1) is 19.6. The van der Waals surface area contributed by atoms with Crippen LogP contribution in [0.1, 0.15) is 23.7 Å². The third-order valence-corrected chi connectivity index (χ3v) is 7.41. The Bertz CT molecular complexity index is 888. The fourth-order valence-electron chi connectivity index (χ4n) is 1.94. The summed E-state index contributed by atoms with van der Waals surface area (Å²) >= 11 is 0. The smallest absolute Gasteiger partial charge is 0.251 e. The third-order valence-electron chi connectivity index (χ3n) is 3.49. The molecule has 136 valence electrons. The van der Waals surface area contributed by atoms with Gasteiger partial charge in [-0.3, -0.25) is 4.98 Å². The summed E-state index contributed by atoms with van der Waals surface area (Å²) in [6.45, 7) is 3.51. The van der Waals surface area contributed by atoms with E-state index in [1.54, 1.807) is 25.3 Å².